The normalized spacial score (nSPS) is 10.6. The van der Waals surface area contributed by atoms with Crippen LogP contribution in [-0.4, -0.2) is 82.4 Å². The van der Waals surface area contributed by atoms with Crippen LogP contribution in [0.4, 0.5) is 0 Å². The van der Waals surface area contributed by atoms with Gasteiger partial charge in [-0.05, 0) is 6.07 Å². The summed E-state index contributed by atoms with van der Waals surface area (Å²) in [6.45, 7) is 0. The second-order valence-electron chi connectivity index (χ2n) is 4.19. The van der Waals surface area contributed by atoms with E-state index in [0.29, 0.717) is 0 Å². The second kappa shape index (κ2) is 7.69. The number of carbonyl (C=O) groups is 1. The number of aromatic hydroxyl groups is 1. The number of methoxy groups -OCH3 is 1. The molecule has 22 heavy (non-hydrogen) atoms. The first kappa shape index (κ1) is 19.3. The van der Waals surface area contributed by atoms with Crippen LogP contribution in [0.1, 0.15) is 15.9 Å². The maximum absolute atomic E-state index is 12.3. The molecule has 112 valence electrons. The van der Waals surface area contributed by atoms with Crippen LogP contribution in [0, 0.1) is 0 Å². The van der Waals surface area contributed by atoms with E-state index in [1.165, 1.54) is 19.2 Å². The fourth-order valence-corrected chi connectivity index (χ4v) is 2.50. The van der Waals surface area contributed by atoms with Crippen LogP contribution in [0.3, 0.4) is 0 Å². The third-order valence-corrected chi connectivity index (χ3v) is 3.72. The van der Waals surface area contributed by atoms with Gasteiger partial charge in [0.15, 0.2) is 5.78 Å². The van der Waals surface area contributed by atoms with Crippen LogP contribution < -0.4 is 4.74 Å². The summed E-state index contributed by atoms with van der Waals surface area (Å²) < 4.78 is 36.6. The fourth-order valence-electron chi connectivity index (χ4n) is 1.84. The van der Waals surface area contributed by atoms with E-state index in [1.807, 2.05) is 0 Å². The SMILES string of the molecule is COc1cc(O)c(C(=O)c2ccccc2)cc1S(=O)(=O)O.[KH]. The number of hydrogen-bond acceptors (Lipinski definition) is 5. The Bertz CT molecular complexity index is 786. The van der Waals surface area contributed by atoms with E-state index in [1.54, 1.807) is 18.2 Å². The molecule has 0 atom stereocenters. The van der Waals surface area contributed by atoms with Crippen molar-refractivity contribution in [1.29, 1.82) is 0 Å². The summed E-state index contributed by atoms with van der Waals surface area (Å²) in [7, 11) is -3.41. The van der Waals surface area contributed by atoms with Crippen LogP contribution in [0.25, 0.3) is 0 Å². The second-order valence-corrected chi connectivity index (χ2v) is 5.58. The molecule has 2 aromatic rings. The van der Waals surface area contributed by atoms with Gasteiger partial charge in [0.2, 0.25) is 0 Å². The predicted molar refractivity (Wildman–Crippen MR) is 81.5 cm³/mol. The first-order valence-corrected chi connectivity index (χ1v) is 7.27. The Balaban J connectivity index is 0.00000242. The molecule has 0 aliphatic heterocycles. The average Bonchev–Trinajstić information content (AvgIpc) is 2.45. The number of ketones is 1. The van der Waals surface area contributed by atoms with Crippen molar-refractivity contribution < 1.29 is 27.6 Å². The molecular formula is C14H13KO6S. The van der Waals surface area contributed by atoms with E-state index in [9.17, 15) is 18.3 Å². The number of ether oxygens (including phenoxy) is 1. The molecule has 0 fully saturated rings. The van der Waals surface area contributed by atoms with E-state index in [4.69, 9.17) is 9.29 Å². The summed E-state index contributed by atoms with van der Waals surface area (Å²) in [6, 6.07) is 9.90. The topological polar surface area (TPSA) is 101 Å². The van der Waals surface area contributed by atoms with Crippen molar-refractivity contribution in [3.8, 4) is 11.5 Å². The molecule has 0 aromatic heterocycles. The van der Waals surface area contributed by atoms with Gasteiger partial charge < -0.3 is 9.84 Å². The van der Waals surface area contributed by atoms with Gasteiger partial charge in [-0.25, -0.2) is 0 Å². The van der Waals surface area contributed by atoms with Crippen molar-refractivity contribution in [3.63, 3.8) is 0 Å². The van der Waals surface area contributed by atoms with Crippen molar-refractivity contribution in [1.82, 2.24) is 0 Å². The zero-order valence-corrected chi connectivity index (χ0v) is 11.8. The quantitative estimate of drug-likeness (QED) is 0.490. The summed E-state index contributed by atoms with van der Waals surface area (Å²) in [6.07, 6.45) is 0. The zero-order chi connectivity index (χ0) is 15.6. The molecule has 0 heterocycles. The van der Waals surface area contributed by atoms with Crippen LogP contribution in [0.5, 0.6) is 11.5 Å². The maximum atomic E-state index is 12.3. The molecule has 0 unspecified atom stereocenters. The molecule has 0 radical (unpaired) electrons. The number of benzene rings is 2. The molecule has 0 aliphatic rings. The molecule has 2 rings (SSSR count). The number of rotatable bonds is 4. The summed E-state index contributed by atoms with van der Waals surface area (Å²) in [5.74, 6) is -1.26. The van der Waals surface area contributed by atoms with Crippen LogP contribution >= 0.6 is 0 Å². The molecule has 8 heteroatoms. The number of carbonyl (C=O) groups excluding carboxylic acids is 1. The Hall–Kier alpha value is -0.744. The monoisotopic (exact) mass is 348 g/mol. The van der Waals surface area contributed by atoms with E-state index >= 15 is 0 Å². The van der Waals surface area contributed by atoms with Crippen molar-refractivity contribution in [2.45, 2.75) is 4.90 Å². The first-order valence-electron chi connectivity index (χ1n) is 5.83. The van der Waals surface area contributed by atoms with Gasteiger partial charge >= 0.3 is 51.4 Å². The molecule has 0 bridgehead atoms. The third-order valence-electron chi connectivity index (χ3n) is 2.84. The van der Waals surface area contributed by atoms with Gasteiger partial charge in [0.1, 0.15) is 16.4 Å². The van der Waals surface area contributed by atoms with Crippen LogP contribution in [0.15, 0.2) is 47.4 Å². The third kappa shape index (κ3) is 4.16. The minimum atomic E-state index is -4.59. The number of phenolic OH excluding ortho intramolecular Hbond substituents is 1. The number of hydrogen-bond donors (Lipinski definition) is 2. The Morgan fingerprint density at radius 3 is 2.23 bits per heavy atom. The Labute approximate surface area is 170 Å². The van der Waals surface area contributed by atoms with Gasteiger partial charge in [-0.3, -0.25) is 9.35 Å². The van der Waals surface area contributed by atoms with Crippen LogP contribution in [0.2, 0.25) is 0 Å². The molecule has 0 saturated heterocycles. The molecule has 0 amide bonds. The predicted octanol–water partition coefficient (Wildman–Crippen LogP) is 1.23. The Morgan fingerprint density at radius 1 is 1.14 bits per heavy atom. The van der Waals surface area contributed by atoms with Crippen molar-refractivity contribution in [2.75, 3.05) is 7.11 Å². The van der Waals surface area contributed by atoms with E-state index in [2.05, 4.69) is 0 Å². The molecular weight excluding hydrogens is 335 g/mol. The van der Waals surface area contributed by atoms with Crippen molar-refractivity contribution >= 4 is 67.3 Å². The van der Waals surface area contributed by atoms with Gasteiger partial charge in [0, 0.05) is 11.6 Å². The molecule has 0 aliphatic carbocycles. The van der Waals surface area contributed by atoms with E-state index in [0.717, 1.165) is 12.1 Å². The van der Waals surface area contributed by atoms with Crippen molar-refractivity contribution in [2.24, 2.45) is 0 Å². The standard InChI is InChI=1S/C14H12O6S.K.H/c1-20-12-8-11(15)10(7-13(12)21(17,18)19)14(16)9-5-3-2-4-6-9;;/h2-8,15H,1H3,(H,17,18,19);;. The van der Waals surface area contributed by atoms with E-state index in [-0.39, 0.29) is 68.3 Å². The Morgan fingerprint density at radius 2 is 1.73 bits per heavy atom. The summed E-state index contributed by atoms with van der Waals surface area (Å²) in [5, 5.41) is 9.87. The Kier molecular flexibility index (Phi) is 6.75. The molecule has 0 saturated carbocycles. The molecule has 2 aromatic carbocycles. The van der Waals surface area contributed by atoms with Gasteiger partial charge in [-0.2, -0.15) is 8.42 Å². The van der Waals surface area contributed by atoms with Gasteiger partial charge in [-0.1, -0.05) is 30.3 Å². The number of phenols is 1. The zero-order valence-electron chi connectivity index (χ0n) is 11.0. The van der Waals surface area contributed by atoms with Gasteiger partial charge in [0.25, 0.3) is 10.1 Å². The average molecular weight is 348 g/mol. The van der Waals surface area contributed by atoms with Gasteiger partial charge in [-0.15, -0.1) is 0 Å². The summed E-state index contributed by atoms with van der Waals surface area (Å²) in [5.41, 5.74) is 0.0360. The molecule has 2 N–H and O–H groups in total. The van der Waals surface area contributed by atoms with Crippen molar-refractivity contribution in [3.05, 3.63) is 53.6 Å². The van der Waals surface area contributed by atoms with E-state index < -0.39 is 26.5 Å². The first-order chi connectivity index (χ1) is 9.84. The van der Waals surface area contributed by atoms with Crippen LogP contribution in [-0.2, 0) is 10.1 Å². The molecule has 0 spiro atoms. The molecule has 6 nitrogen and oxygen atoms in total. The minimum absolute atomic E-state index is 0. The van der Waals surface area contributed by atoms with Gasteiger partial charge in [0.05, 0.1) is 12.7 Å². The summed E-state index contributed by atoms with van der Waals surface area (Å²) in [4.78, 5) is 11.7. The summed E-state index contributed by atoms with van der Waals surface area (Å²) >= 11 is 0. The fraction of sp³-hybridized carbons (Fsp3) is 0.0714.